The van der Waals surface area contributed by atoms with E-state index in [-0.39, 0.29) is 6.61 Å². The highest BCUT2D eigenvalue weighted by Crippen LogP contribution is 1.72. The van der Waals surface area contributed by atoms with E-state index < -0.39 is 0 Å². The van der Waals surface area contributed by atoms with Gasteiger partial charge in [-0.1, -0.05) is 0 Å². The van der Waals surface area contributed by atoms with Gasteiger partial charge in [0.2, 0.25) is 0 Å². The van der Waals surface area contributed by atoms with E-state index in [0.717, 1.165) is 0 Å². The van der Waals surface area contributed by atoms with E-state index in [0.29, 0.717) is 13.0 Å². The molecule has 0 aromatic carbocycles. The van der Waals surface area contributed by atoms with Gasteiger partial charge < -0.3 is 9.76 Å². The topological polar surface area (TPSA) is 29.5 Å². The maximum atomic E-state index is 8.06. The van der Waals surface area contributed by atoms with Crippen molar-refractivity contribution in [2.24, 2.45) is 0 Å². The van der Waals surface area contributed by atoms with Crippen molar-refractivity contribution in [2.45, 2.75) is 6.42 Å². The minimum absolute atomic E-state index is 0.150. The Labute approximate surface area is 38.6 Å². The molecule has 0 aliphatic rings. The minimum atomic E-state index is 0.150. The van der Waals surface area contributed by atoms with Crippen molar-refractivity contribution >= 4 is 8.05 Å². The fourth-order valence-corrected chi connectivity index (χ4v) is 0.148. The molecule has 0 aromatic heterocycles. The van der Waals surface area contributed by atoms with Crippen molar-refractivity contribution in [1.82, 2.24) is 0 Å². The van der Waals surface area contributed by atoms with Crippen LogP contribution in [0.15, 0.2) is 0 Å². The van der Waals surface area contributed by atoms with Crippen LogP contribution < -0.4 is 0 Å². The van der Waals surface area contributed by atoms with Crippen LogP contribution in [0, 0.1) is 0 Å². The normalized spacial score (nSPS) is 8.83. The van der Waals surface area contributed by atoms with Crippen molar-refractivity contribution in [3.8, 4) is 0 Å². The average molecular weight is 85.9 g/mol. The first-order chi connectivity index (χ1) is 2.91. The number of aliphatic hydroxyl groups excluding tert-OH is 1. The van der Waals surface area contributed by atoms with Crippen molar-refractivity contribution in [1.29, 1.82) is 0 Å². The standard InChI is InChI=1S/C3H7BO2/c4-6-3-1-2-5/h5H,1-3H2. The zero-order chi connectivity index (χ0) is 4.83. The molecule has 2 radical (unpaired) electrons. The minimum Gasteiger partial charge on any atom is -0.447 e. The number of rotatable bonds is 3. The summed E-state index contributed by atoms with van der Waals surface area (Å²) < 4.78 is 4.12. The molecule has 0 amide bonds. The zero-order valence-corrected chi connectivity index (χ0v) is 3.55. The second kappa shape index (κ2) is 4.98. The predicted octanol–water partition coefficient (Wildman–Crippen LogP) is -0.531. The van der Waals surface area contributed by atoms with Gasteiger partial charge in [-0.25, -0.2) is 0 Å². The van der Waals surface area contributed by atoms with Gasteiger partial charge in [0.1, 0.15) is 0 Å². The summed E-state index contributed by atoms with van der Waals surface area (Å²) in [5.74, 6) is 0. The Morgan fingerprint density at radius 1 is 1.67 bits per heavy atom. The molecule has 0 spiro atoms. The third-order valence-corrected chi connectivity index (χ3v) is 0.420. The molecule has 1 N–H and O–H groups in total. The molecule has 2 nitrogen and oxygen atoms in total. The van der Waals surface area contributed by atoms with Crippen molar-refractivity contribution in [2.75, 3.05) is 13.2 Å². The summed E-state index contributed by atoms with van der Waals surface area (Å²) in [5.41, 5.74) is 0. The van der Waals surface area contributed by atoms with E-state index in [1.165, 1.54) is 0 Å². The first-order valence-corrected chi connectivity index (χ1v) is 1.84. The molecule has 0 rings (SSSR count). The Kier molecular flexibility index (Phi) is 4.97. The third-order valence-electron chi connectivity index (χ3n) is 0.420. The van der Waals surface area contributed by atoms with E-state index in [4.69, 9.17) is 5.11 Å². The predicted molar refractivity (Wildman–Crippen MR) is 23.4 cm³/mol. The quantitative estimate of drug-likeness (QED) is 0.369. The molecule has 3 heteroatoms. The molecule has 0 aliphatic carbocycles. The lowest BCUT2D eigenvalue weighted by Crippen LogP contribution is -1.91. The molecule has 0 fully saturated rings. The highest BCUT2D eigenvalue weighted by Gasteiger charge is 1.75. The molecule has 6 heavy (non-hydrogen) atoms. The van der Waals surface area contributed by atoms with Gasteiger partial charge in [0.15, 0.2) is 0 Å². The smallest absolute Gasteiger partial charge is 0.282 e. The van der Waals surface area contributed by atoms with Crippen molar-refractivity contribution in [3.63, 3.8) is 0 Å². The zero-order valence-electron chi connectivity index (χ0n) is 3.55. The van der Waals surface area contributed by atoms with Crippen LogP contribution in [0.25, 0.3) is 0 Å². The third kappa shape index (κ3) is 3.98. The second-order valence-corrected chi connectivity index (χ2v) is 0.948. The second-order valence-electron chi connectivity index (χ2n) is 0.948. The first-order valence-electron chi connectivity index (χ1n) is 1.84. The van der Waals surface area contributed by atoms with Crippen LogP contribution in [0.3, 0.4) is 0 Å². The molecule has 0 aliphatic heterocycles. The Morgan fingerprint density at radius 3 is 2.50 bits per heavy atom. The average Bonchev–Trinajstić information content (AvgIpc) is 1.61. The number of hydrogen-bond donors (Lipinski definition) is 1. The highest BCUT2D eigenvalue weighted by molar-refractivity contribution is 5.97. The van der Waals surface area contributed by atoms with Crippen LogP contribution in [0.1, 0.15) is 6.42 Å². The highest BCUT2D eigenvalue weighted by atomic mass is 16.4. The van der Waals surface area contributed by atoms with Gasteiger partial charge in [-0.3, -0.25) is 0 Å². The number of aliphatic hydroxyl groups is 1. The lowest BCUT2D eigenvalue weighted by atomic mass is 10.5. The van der Waals surface area contributed by atoms with E-state index in [1.807, 2.05) is 0 Å². The maximum absolute atomic E-state index is 8.06. The van der Waals surface area contributed by atoms with Gasteiger partial charge in [0.25, 0.3) is 8.05 Å². The van der Waals surface area contributed by atoms with Crippen LogP contribution >= 0.6 is 0 Å². The fraction of sp³-hybridized carbons (Fsp3) is 1.00. The summed E-state index contributed by atoms with van der Waals surface area (Å²) in [6, 6.07) is 0. The molecule has 0 saturated heterocycles. The van der Waals surface area contributed by atoms with Gasteiger partial charge >= 0.3 is 0 Å². The van der Waals surface area contributed by atoms with Gasteiger partial charge in [-0.15, -0.1) is 0 Å². The lowest BCUT2D eigenvalue weighted by Gasteiger charge is -1.89. The summed E-state index contributed by atoms with van der Waals surface area (Å²) in [6.07, 6.45) is 0.622. The van der Waals surface area contributed by atoms with E-state index in [1.54, 1.807) is 0 Å². The molecular formula is C3H7BO2. The summed E-state index contributed by atoms with van der Waals surface area (Å²) >= 11 is 0. The van der Waals surface area contributed by atoms with Gasteiger partial charge in [-0.2, -0.15) is 0 Å². The molecular weight excluding hydrogens is 78.8 g/mol. The SMILES string of the molecule is [B]OCCCO. The summed E-state index contributed by atoms with van der Waals surface area (Å²) in [7, 11) is 4.60. The monoisotopic (exact) mass is 86.1 g/mol. The largest absolute Gasteiger partial charge is 0.447 e. The molecule has 0 atom stereocenters. The van der Waals surface area contributed by atoms with Crippen LogP contribution in [0.4, 0.5) is 0 Å². The molecule has 0 saturated carbocycles. The Balaban J connectivity index is 2.34. The molecule has 34 valence electrons. The van der Waals surface area contributed by atoms with Gasteiger partial charge in [0.05, 0.1) is 0 Å². The van der Waals surface area contributed by atoms with E-state index in [2.05, 4.69) is 12.7 Å². The molecule has 0 aromatic rings. The van der Waals surface area contributed by atoms with Crippen LogP contribution in [-0.2, 0) is 4.65 Å². The van der Waals surface area contributed by atoms with Gasteiger partial charge in [-0.05, 0) is 6.42 Å². The Bertz CT molecular complexity index is 20.8. The van der Waals surface area contributed by atoms with Crippen LogP contribution in [-0.4, -0.2) is 26.4 Å². The summed E-state index contributed by atoms with van der Waals surface area (Å²) in [5, 5.41) is 8.06. The summed E-state index contributed by atoms with van der Waals surface area (Å²) in [4.78, 5) is 0. The van der Waals surface area contributed by atoms with Crippen molar-refractivity contribution < 1.29 is 9.76 Å². The summed E-state index contributed by atoms with van der Waals surface area (Å²) in [6.45, 7) is 0.591. The molecule has 0 unspecified atom stereocenters. The van der Waals surface area contributed by atoms with Crippen LogP contribution in [0.5, 0.6) is 0 Å². The van der Waals surface area contributed by atoms with Crippen molar-refractivity contribution in [3.05, 3.63) is 0 Å². The Hall–Kier alpha value is -0.0151. The van der Waals surface area contributed by atoms with E-state index >= 15 is 0 Å². The van der Waals surface area contributed by atoms with Crippen LogP contribution in [0.2, 0.25) is 0 Å². The maximum Gasteiger partial charge on any atom is 0.282 e. The van der Waals surface area contributed by atoms with Gasteiger partial charge in [0, 0.05) is 13.2 Å². The lowest BCUT2D eigenvalue weighted by molar-refractivity contribution is 0.243. The van der Waals surface area contributed by atoms with E-state index in [9.17, 15) is 0 Å². The fourth-order valence-electron chi connectivity index (χ4n) is 0.148. The molecule has 0 heterocycles. The first kappa shape index (κ1) is 5.98. The Morgan fingerprint density at radius 2 is 2.33 bits per heavy atom. The molecule has 0 bridgehead atoms. The number of hydrogen-bond acceptors (Lipinski definition) is 2.